The summed E-state index contributed by atoms with van der Waals surface area (Å²) in [5.41, 5.74) is 0. The first-order valence-electron chi connectivity index (χ1n) is 7.10. The van der Waals surface area contributed by atoms with E-state index in [4.69, 9.17) is 4.74 Å². The van der Waals surface area contributed by atoms with Gasteiger partial charge in [-0.3, -0.25) is 0 Å². The second-order valence-corrected chi connectivity index (χ2v) is 4.82. The molecule has 0 aromatic carbocycles. The molecule has 6 nitrogen and oxygen atoms in total. The molecular formula is C13H23N5O. The Morgan fingerprint density at radius 1 is 1.26 bits per heavy atom. The van der Waals surface area contributed by atoms with E-state index < -0.39 is 0 Å². The quantitative estimate of drug-likeness (QED) is 0.814. The van der Waals surface area contributed by atoms with Crippen LogP contribution in [0, 0.1) is 0 Å². The van der Waals surface area contributed by atoms with Gasteiger partial charge in [0.05, 0.1) is 6.61 Å². The van der Waals surface area contributed by atoms with Crippen molar-refractivity contribution in [2.75, 3.05) is 30.4 Å². The van der Waals surface area contributed by atoms with Crippen molar-refractivity contribution >= 4 is 11.9 Å². The summed E-state index contributed by atoms with van der Waals surface area (Å²) in [6, 6.07) is 0.963. The number of hydrogen-bond acceptors (Lipinski definition) is 6. The Bertz CT molecular complexity index is 408. The highest BCUT2D eigenvalue weighted by atomic mass is 16.5. The molecule has 1 fully saturated rings. The average molecular weight is 265 g/mol. The summed E-state index contributed by atoms with van der Waals surface area (Å²) in [6.45, 7) is 5.49. The predicted molar refractivity (Wildman–Crippen MR) is 75.8 cm³/mol. The van der Waals surface area contributed by atoms with E-state index in [0.717, 1.165) is 13.0 Å². The van der Waals surface area contributed by atoms with E-state index in [0.29, 0.717) is 30.6 Å². The van der Waals surface area contributed by atoms with E-state index in [-0.39, 0.29) is 0 Å². The highest BCUT2D eigenvalue weighted by Gasteiger charge is 2.24. The number of hydrogen-bond donors (Lipinski definition) is 1. The summed E-state index contributed by atoms with van der Waals surface area (Å²) in [4.78, 5) is 15.2. The predicted octanol–water partition coefficient (Wildman–Crippen LogP) is 2.08. The van der Waals surface area contributed by atoms with Gasteiger partial charge in [0.1, 0.15) is 0 Å². The molecule has 1 aliphatic carbocycles. The van der Waals surface area contributed by atoms with Crippen molar-refractivity contribution in [1.82, 2.24) is 15.0 Å². The van der Waals surface area contributed by atoms with Crippen LogP contribution >= 0.6 is 0 Å². The fraction of sp³-hybridized carbons (Fsp3) is 0.769. The standard InChI is InChI=1S/C13H23N5O/c1-4-9-19-13-16-11(14-5-2)15-12(17-13)18(3)10-7-6-8-10/h10H,4-9H2,1-3H3,(H,14,15,16,17). The van der Waals surface area contributed by atoms with Gasteiger partial charge in [0.15, 0.2) is 0 Å². The molecule has 1 saturated carbocycles. The van der Waals surface area contributed by atoms with Gasteiger partial charge in [0.25, 0.3) is 0 Å². The van der Waals surface area contributed by atoms with Crippen LogP contribution in [0.3, 0.4) is 0 Å². The minimum absolute atomic E-state index is 0.411. The monoisotopic (exact) mass is 265 g/mol. The minimum atomic E-state index is 0.411. The van der Waals surface area contributed by atoms with Crippen molar-refractivity contribution in [3.05, 3.63) is 0 Å². The molecule has 1 heterocycles. The molecular weight excluding hydrogens is 242 g/mol. The van der Waals surface area contributed by atoms with E-state index in [1.165, 1.54) is 19.3 Å². The summed E-state index contributed by atoms with van der Waals surface area (Å²) in [6.07, 6.45) is 4.66. The van der Waals surface area contributed by atoms with Gasteiger partial charge in [0, 0.05) is 19.6 Å². The molecule has 0 spiro atoms. The molecule has 1 aromatic rings. The van der Waals surface area contributed by atoms with Gasteiger partial charge < -0.3 is 15.0 Å². The molecule has 1 aliphatic rings. The van der Waals surface area contributed by atoms with Crippen LogP contribution in [0.4, 0.5) is 11.9 Å². The third kappa shape index (κ3) is 3.45. The summed E-state index contributed by atoms with van der Waals surface area (Å²) in [7, 11) is 2.04. The van der Waals surface area contributed by atoms with Gasteiger partial charge in [-0.1, -0.05) is 6.92 Å². The van der Waals surface area contributed by atoms with Gasteiger partial charge in [-0.25, -0.2) is 0 Å². The van der Waals surface area contributed by atoms with E-state index >= 15 is 0 Å². The largest absolute Gasteiger partial charge is 0.463 e. The van der Waals surface area contributed by atoms with Crippen LogP contribution in [-0.2, 0) is 0 Å². The molecule has 1 aromatic heterocycles. The average Bonchev–Trinajstić information content (AvgIpc) is 2.34. The summed E-state index contributed by atoms with van der Waals surface area (Å²) in [5, 5.41) is 3.13. The van der Waals surface area contributed by atoms with Crippen LogP contribution in [0.5, 0.6) is 6.01 Å². The van der Waals surface area contributed by atoms with E-state index in [1.54, 1.807) is 0 Å². The Morgan fingerprint density at radius 3 is 2.63 bits per heavy atom. The van der Waals surface area contributed by atoms with Crippen LogP contribution in [-0.4, -0.2) is 41.2 Å². The summed E-state index contributed by atoms with van der Waals surface area (Å²) < 4.78 is 5.54. The topological polar surface area (TPSA) is 63.2 Å². The summed E-state index contributed by atoms with van der Waals surface area (Å²) >= 11 is 0. The maximum atomic E-state index is 5.54. The van der Waals surface area contributed by atoms with Crippen molar-refractivity contribution in [3.63, 3.8) is 0 Å². The Labute approximate surface area is 114 Å². The van der Waals surface area contributed by atoms with E-state index in [9.17, 15) is 0 Å². The van der Waals surface area contributed by atoms with Crippen molar-refractivity contribution in [3.8, 4) is 6.01 Å². The second kappa shape index (κ2) is 6.54. The zero-order valence-electron chi connectivity index (χ0n) is 12.0. The molecule has 0 radical (unpaired) electrons. The Hall–Kier alpha value is -1.59. The normalized spacial score (nSPS) is 14.9. The van der Waals surface area contributed by atoms with Crippen molar-refractivity contribution in [2.24, 2.45) is 0 Å². The minimum Gasteiger partial charge on any atom is -0.463 e. The lowest BCUT2D eigenvalue weighted by molar-refractivity contribution is 0.291. The lowest BCUT2D eigenvalue weighted by atomic mass is 9.92. The van der Waals surface area contributed by atoms with Gasteiger partial charge >= 0.3 is 6.01 Å². The third-order valence-corrected chi connectivity index (χ3v) is 3.31. The van der Waals surface area contributed by atoms with Gasteiger partial charge in [-0.15, -0.1) is 0 Å². The number of nitrogens with one attached hydrogen (secondary N) is 1. The van der Waals surface area contributed by atoms with Crippen LogP contribution in [0.25, 0.3) is 0 Å². The molecule has 0 amide bonds. The number of nitrogens with zero attached hydrogens (tertiary/aromatic N) is 4. The Kier molecular flexibility index (Phi) is 4.76. The molecule has 19 heavy (non-hydrogen) atoms. The number of ether oxygens (including phenoxy) is 1. The lowest BCUT2D eigenvalue weighted by Crippen LogP contribution is -2.38. The Morgan fingerprint density at radius 2 is 2.05 bits per heavy atom. The fourth-order valence-electron chi connectivity index (χ4n) is 1.94. The zero-order valence-corrected chi connectivity index (χ0v) is 12.0. The van der Waals surface area contributed by atoms with Crippen molar-refractivity contribution < 1.29 is 4.74 Å². The zero-order chi connectivity index (χ0) is 13.7. The van der Waals surface area contributed by atoms with Gasteiger partial charge in [0.2, 0.25) is 11.9 Å². The maximum Gasteiger partial charge on any atom is 0.323 e. The Balaban J connectivity index is 2.16. The first-order valence-corrected chi connectivity index (χ1v) is 7.10. The second-order valence-electron chi connectivity index (χ2n) is 4.82. The van der Waals surface area contributed by atoms with Crippen LogP contribution in [0.15, 0.2) is 0 Å². The molecule has 1 N–H and O–H groups in total. The van der Waals surface area contributed by atoms with Crippen LogP contribution in [0.1, 0.15) is 39.5 Å². The summed E-state index contributed by atoms with van der Waals surface area (Å²) in [5.74, 6) is 1.28. The maximum absolute atomic E-state index is 5.54. The first kappa shape index (κ1) is 13.8. The fourth-order valence-corrected chi connectivity index (χ4v) is 1.94. The van der Waals surface area contributed by atoms with Crippen molar-refractivity contribution in [1.29, 1.82) is 0 Å². The lowest BCUT2D eigenvalue weighted by Gasteiger charge is -2.34. The molecule has 0 bridgehead atoms. The molecule has 0 atom stereocenters. The molecule has 2 rings (SSSR count). The van der Waals surface area contributed by atoms with E-state index in [2.05, 4.69) is 32.1 Å². The molecule has 6 heteroatoms. The number of rotatable bonds is 7. The van der Waals surface area contributed by atoms with Crippen LogP contribution < -0.4 is 15.0 Å². The SMILES string of the molecule is CCCOc1nc(NCC)nc(N(C)C2CCC2)n1. The van der Waals surface area contributed by atoms with Crippen LogP contribution in [0.2, 0.25) is 0 Å². The van der Waals surface area contributed by atoms with Gasteiger partial charge in [-0.2, -0.15) is 15.0 Å². The highest BCUT2D eigenvalue weighted by Crippen LogP contribution is 2.27. The molecule has 0 unspecified atom stereocenters. The molecule has 0 aliphatic heterocycles. The van der Waals surface area contributed by atoms with Crippen molar-refractivity contribution in [2.45, 2.75) is 45.6 Å². The highest BCUT2D eigenvalue weighted by molar-refractivity contribution is 5.39. The smallest absolute Gasteiger partial charge is 0.323 e. The van der Waals surface area contributed by atoms with Gasteiger partial charge in [-0.05, 0) is 32.6 Å². The molecule has 0 saturated heterocycles. The molecule has 106 valence electrons. The van der Waals surface area contributed by atoms with E-state index in [1.807, 2.05) is 14.0 Å². The number of anilines is 2. The number of aromatic nitrogens is 3. The third-order valence-electron chi connectivity index (χ3n) is 3.31. The first-order chi connectivity index (χ1) is 9.24.